The van der Waals surface area contributed by atoms with Crippen molar-refractivity contribution in [2.45, 2.75) is 51.6 Å². The van der Waals surface area contributed by atoms with Crippen molar-refractivity contribution in [1.29, 1.82) is 0 Å². The summed E-state index contributed by atoms with van der Waals surface area (Å²) in [6.07, 6.45) is 5.44. The van der Waals surface area contributed by atoms with Crippen molar-refractivity contribution in [2.24, 2.45) is 5.92 Å². The van der Waals surface area contributed by atoms with Gasteiger partial charge in [0.05, 0.1) is 0 Å². The van der Waals surface area contributed by atoms with Crippen LogP contribution in [0.2, 0.25) is 0 Å². The standard InChI is InChI=1S/C12H24N2/c1-3-6-14-7-4-11(5-8-14)13-12-9-10(12)2/h10-13H,3-9H2,1-2H3. The third kappa shape index (κ3) is 2.71. The highest BCUT2D eigenvalue weighted by Crippen LogP contribution is 2.30. The lowest BCUT2D eigenvalue weighted by Crippen LogP contribution is -2.43. The van der Waals surface area contributed by atoms with Crippen molar-refractivity contribution in [2.75, 3.05) is 19.6 Å². The Balaban J connectivity index is 1.63. The molecule has 14 heavy (non-hydrogen) atoms. The van der Waals surface area contributed by atoms with Crippen LogP contribution >= 0.6 is 0 Å². The van der Waals surface area contributed by atoms with Gasteiger partial charge in [0.1, 0.15) is 0 Å². The first-order valence-electron chi connectivity index (χ1n) is 6.28. The molecule has 2 unspecified atom stereocenters. The van der Waals surface area contributed by atoms with E-state index in [1.165, 1.54) is 45.3 Å². The molecule has 2 nitrogen and oxygen atoms in total. The number of hydrogen-bond donors (Lipinski definition) is 1. The van der Waals surface area contributed by atoms with E-state index in [4.69, 9.17) is 0 Å². The predicted molar refractivity (Wildman–Crippen MR) is 60.5 cm³/mol. The maximum Gasteiger partial charge on any atom is 0.00989 e. The summed E-state index contributed by atoms with van der Waals surface area (Å²) in [5.41, 5.74) is 0. The van der Waals surface area contributed by atoms with Crippen LogP contribution in [-0.2, 0) is 0 Å². The van der Waals surface area contributed by atoms with Crippen LogP contribution in [0.15, 0.2) is 0 Å². The molecule has 1 saturated heterocycles. The Kier molecular flexibility index (Phi) is 3.45. The monoisotopic (exact) mass is 196 g/mol. The zero-order chi connectivity index (χ0) is 9.97. The Bertz CT molecular complexity index is 173. The molecular weight excluding hydrogens is 172 g/mol. The second-order valence-corrected chi connectivity index (χ2v) is 5.10. The smallest absolute Gasteiger partial charge is 0.00989 e. The molecule has 0 aromatic heterocycles. The number of piperidine rings is 1. The molecule has 0 aromatic rings. The summed E-state index contributed by atoms with van der Waals surface area (Å²) in [5.74, 6) is 0.948. The number of nitrogens with zero attached hydrogens (tertiary/aromatic N) is 1. The van der Waals surface area contributed by atoms with Gasteiger partial charge in [-0.3, -0.25) is 0 Å². The average molecular weight is 196 g/mol. The summed E-state index contributed by atoms with van der Waals surface area (Å²) in [7, 11) is 0. The topological polar surface area (TPSA) is 15.3 Å². The van der Waals surface area contributed by atoms with Crippen LogP contribution in [0.4, 0.5) is 0 Å². The van der Waals surface area contributed by atoms with Gasteiger partial charge < -0.3 is 10.2 Å². The van der Waals surface area contributed by atoms with E-state index in [-0.39, 0.29) is 0 Å². The van der Waals surface area contributed by atoms with Gasteiger partial charge in [0.25, 0.3) is 0 Å². The lowest BCUT2D eigenvalue weighted by atomic mass is 10.0. The molecule has 1 saturated carbocycles. The van der Waals surface area contributed by atoms with E-state index in [2.05, 4.69) is 24.1 Å². The largest absolute Gasteiger partial charge is 0.311 e. The Morgan fingerprint density at radius 2 is 1.93 bits per heavy atom. The van der Waals surface area contributed by atoms with Crippen molar-refractivity contribution >= 4 is 0 Å². The summed E-state index contributed by atoms with van der Waals surface area (Å²) in [5, 5.41) is 3.78. The normalized spacial score (nSPS) is 34.7. The molecule has 2 fully saturated rings. The minimum atomic E-state index is 0.818. The molecule has 2 rings (SSSR count). The van der Waals surface area contributed by atoms with Gasteiger partial charge in [-0.15, -0.1) is 0 Å². The number of likely N-dealkylation sites (tertiary alicyclic amines) is 1. The molecule has 0 aromatic carbocycles. The van der Waals surface area contributed by atoms with Crippen molar-refractivity contribution in [3.63, 3.8) is 0 Å². The van der Waals surface area contributed by atoms with E-state index in [1.54, 1.807) is 0 Å². The van der Waals surface area contributed by atoms with Crippen LogP contribution in [0.3, 0.4) is 0 Å². The van der Waals surface area contributed by atoms with E-state index < -0.39 is 0 Å². The van der Waals surface area contributed by atoms with Gasteiger partial charge in [-0.05, 0) is 51.2 Å². The van der Waals surface area contributed by atoms with E-state index in [0.29, 0.717) is 0 Å². The first-order valence-corrected chi connectivity index (χ1v) is 6.28. The lowest BCUT2D eigenvalue weighted by molar-refractivity contribution is 0.196. The highest BCUT2D eigenvalue weighted by molar-refractivity contribution is 4.93. The molecule has 1 aliphatic heterocycles. The van der Waals surface area contributed by atoms with Gasteiger partial charge in [-0.1, -0.05) is 13.8 Å². The van der Waals surface area contributed by atoms with Gasteiger partial charge in [0.2, 0.25) is 0 Å². The van der Waals surface area contributed by atoms with E-state index in [0.717, 1.165) is 18.0 Å². The SMILES string of the molecule is CCCN1CCC(NC2CC2C)CC1. The lowest BCUT2D eigenvalue weighted by Gasteiger charge is -2.32. The van der Waals surface area contributed by atoms with E-state index in [9.17, 15) is 0 Å². The van der Waals surface area contributed by atoms with Crippen LogP contribution in [0.25, 0.3) is 0 Å². The maximum absolute atomic E-state index is 3.78. The van der Waals surface area contributed by atoms with E-state index in [1.807, 2.05) is 0 Å². The third-order valence-corrected chi connectivity index (χ3v) is 3.69. The van der Waals surface area contributed by atoms with Crippen molar-refractivity contribution in [3.8, 4) is 0 Å². The summed E-state index contributed by atoms with van der Waals surface area (Å²) in [6, 6.07) is 1.68. The van der Waals surface area contributed by atoms with Crippen LogP contribution < -0.4 is 5.32 Å². The molecular formula is C12H24N2. The minimum absolute atomic E-state index is 0.818. The predicted octanol–water partition coefficient (Wildman–Crippen LogP) is 1.86. The zero-order valence-corrected chi connectivity index (χ0v) is 9.63. The zero-order valence-electron chi connectivity index (χ0n) is 9.63. The van der Waals surface area contributed by atoms with Gasteiger partial charge in [-0.2, -0.15) is 0 Å². The van der Waals surface area contributed by atoms with E-state index >= 15 is 0 Å². The van der Waals surface area contributed by atoms with Gasteiger partial charge >= 0.3 is 0 Å². The molecule has 1 heterocycles. The Hall–Kier alpha value is -0.0800. The first-order chi connectivity index (χ1) is 6.79. The van der Waals surface area contributed by atoms with Gasteiger partial charge in [0, 0.05) is 12.1 Å². The molecule has 1 aliphatic carbocycles. The van der Waals surface area contributed by atoms with Crippen LogP contribution in [0.1, 0.15) is 39.5 Å². The molecule has 0 spiro atoms. The fraction of sp³-hybridized carbons (Fsp3) is 1.00. The molecule has 2 heteroatoms. The summed E-state index contributed by atoms with van der Waals surface area (Å²) < 4.78 is 0. The maximum atomic E-state index is 3.78. The molecule has 82 valence electrons. The van der Waals surface area contributed by atoms with Crippen molar-refractivity contribution in [1.82, 2.24) is 10.2 Å². The second-order valence-electron chi connectivity index (χ2n) is 5.10. The minimum Gasteiger partial charge on any atom is -0.311 e. The molecule has 2 aliphatic rings. The average Bonchev–Trinajstić information content (AvgIpc) is 2.86. The molecule has 0 bridgehead atoms. The fourth-order valence-electron chi connectivity index (χ4n) is 2.50. The Morgan fingerprint density at radius 3 is 2.43 bits per heavy atom. The van der Waals surface area contributed by atoms with Gasteiger partial charge in [0.15, 0.2) is 0 Å². The third-order valence-electron chi connectivity index (χ3n) is 3.69. The van der Waals surface area contributed by atoms with Crippen LogP contribution in [0.5, 0.6) is 0 Å². The summed E-state index contributed by atoms with van der Waals surface area (Å²) in [6.45, 7) is 8.55. The molecule has 1 N–H and O–H groups in total. The molecule has 2 atom stereocenters. The van der Waals surface area contributed by atoms with Gasteiger partial charge in [-0.25, -0.2) is 0 Å². The number of rotatable bonds is 4. The van der Waals surface area contributed by atoms with Crippen LogP contribution in [0, 0.1) is 5.92 Å². The van der Waals surface area contributed by atoms with Crippen LogP contribution in [-0.4, -0.2) is 36.6 Å². The number of hydrogen-bond acceptors (Lipinski definition) is 2. The van der Waals surface area contributed by atoms with Crippen molar-refractivity contribution in [3.05, 3.63) is 0 Å². The highest BCUT2D eigenvalue weighted by atomic mass is 15.1. The molecule has 0 radical (unpaired) electrons. The summed E-state index contributed by atoms with van der Waals surface area (Å²) >= 11 is 0. The Morgan fingerprint density at radius 1 is 1.29 bits per heavy atom. The Labute approximate surface area is 88.1 Å². The molecule has 0 amide bonds. The first kappa shape index (κ1) is 10.4. The highest BCUT2D eigenvalue weighted by Gasteiger charge is 2.34. The second kappa shape index (κ2) is 4.63. The summed E-state index contributed by atoms with van der Waals surface area (Å²) in [4.78, 5) is 2.61. The quantitative estimate of drug-likeness (QED) is 0.738. The van der Waals surface area contributed by atoms with Crippen molar-refractivity contribution < 1.29 is 0 Å². The number of nitrogens with one attached hydrogen (secondary N) is 1. The fourth-order valence-corrected chi connectivity index (χ4v) is 2.50.